The van der Waals surface area contributed by atoms with Gasteiger partial charge >= 0.3 is 5.97 Å². The number of fused-ring (bicyclic) bond motifs is 3. The third kappa shape index (κ3) is 4.82. The zero-order valence-electron chi connectivity index (χ0n) is 20.2. The second-order valence-electron chi connectivity index (χ2n) is 8.78. The highest BCUT2D eigenvalue weighted by Crippen LogP contribution is 2.36. The van der Waals surface area contributed by atoms with Gasteiger partial charge in [-0.3, -0.25) is 24.0 Å². The Hall–Kier alpha value is -3.76. The maximum Gasteiger partial charge on any atom is 0.338 e. The highest BCUT2D eigenvalue weighted by molar-refractivity contribution is 6.05. The Morgan fingerprint density at radius 1 is 1.08 bits per heavy atom. The maximum atomic E-state index is 13.5. The monoisotopic (exact) mass is 491 g/mol. The van der Waals surface area contributed by atoms with E-state index in [1.807, 2.05) is 28.8 Å². The van der Waals surface area contributed by atoms with Gasteiger partial charge in [0.1, 0.15) is 6.04 Å². The number of anilines is 2. The summed E-state index contributed by atoms with van der Waals surface area (Å²) >= 11 is 0. The predicted molar refractivity (Wildman–Crippen MR) is 134 cm³/mol. The third-order valence-corrected chi connectivity index (χ3v) is 6.48. The molecule has 5 rings (SSSR count). The molecule has 3 aromatic rings. The van der Waals surface area contributed by atoms with Gasteiger partial charge in [-0.1, -0.05) is 12.1 Å². The summed E-state index contributed by atoms with van der Waals surface area (Å²) in [5.74, 6) is -0.269. The molecule has 1 N–H and O–H groups in total. The number of morpholine rings is 1. The van der Waals surface area contributed by atoms with E-state index in [0.29, 0.717) is 50.1 Å². The van der Waals surface area contributed by atoms with E-state index in [9.17, 15) is 14.4 Å². The van der Waals surface area contributed by atoms with Crippen LogP contribution < -0.4 is 10.2 Å². The van der Waals surface area contributed by atoms with Gasteiger partial charge in [-0.2, -0.15) is 0 Å². The molecule has 1 fully saturated rings. The summed E-state index contributed by atoms with van der Waals surface area (Å²) < 4.78 is 12.3. The standard InChI is InChI=1S/C26H29N5O5/c1-2-36-25(34)18-7-9-19(10-8-18)27-23(32)17-22-24(33)30(12-11-29-13-15-35-16-14-29)26-28-20-5-3-4-6-21(20)31(22)26/h3-10,22H,2,11-17H2,1H3,(H,27,32). The summed E-state index contributed by atoms with van der Waals surface area (Å²) in [6, 6.07) is 13.5. The minimum absolute atomic E-state index is 0.0279. The molecule has 1 saturated heterocycles. The van der Waals surface area contributed by atoms with Crippen molar-refractivity contribution in [2.75, 3.05) is 56.2 Å². The molecule has 2 amide bonds. The second-order valence-corrected chi connectivity index (χ2v) is 8.78. The lowest BCUT2D eigenvalue weighted by Crippen LogP contribution is -2.42. The molecule has 2 aliphatic rings. The molecule has 0 aliphatic carbocycles. The molecule has 0 radical (unpaired) electrons. The van der Waals surface area contributed by atoms with Crippen molar-refractivity contribution in [2.45, 2.75) is 19.4 Å². The molecule has 1 atom stereocenters. The number of benzene rings is 2. The van der Waals surface area contributed by atoms with Crippen molar-refractivity contribution in [3.05, 3.63) is 54.1 Å². The molecule has 3 heterocycles. The topological polar surface area (TPSA) is 106 Å². The zero-order valence-corrected chi connectivity index (χ0v) is 20.2. The summed E-state index contributed by atoms with van der Waals surface area (Å²) in [4.78, 5) is 47.0. The van der Waals surface area contributed by atoms with Gasteiger partial charge in [0.25, 0.3) is 5.91 Å². The van der Waals surface area contributed by atoms with E-state index in [-0.39, 0.29) is 18.2 Å². The van der Waals surface area contributed by atoms with E-state index in [2.05, 4.69) is 10.2 Å². The number of carbonyl (C=O) groups is 3. The Morgan fingerprint density at radius 2 is 1.83 bits per heavy atom. The van der Waals surface area contributed by atoms with Crippen molar-refractivity contribution in [3.8, 4) is 0 Å². The van der Waals surface area contributed by atoms with Crippen LogP contribution in [0.5, 0.6) is 0 Å². The molecule has 1 aromatic heterocycles. The Kier molecular flexibility index (Phi) is 6.97. The van der Waals surface area contributed by atoms with Crippen LogP contribution in [0.15, 0.2) is 48.5 Å². The highest BCUT2D eigenvalue weighted by atomic mass is 16.5. The van der Waals surface area contributed by atoms with Gasteiger partial charge in [0.05, 0.1) is 42.8 Å². The molecule has 188 valence electrons. The first kappa shape index (κ1) is 24.0. The number of imidazole rings is 1. The van der Waals surface area contributed by atoms with Crippen LogP contribution in [-0.4, -0.2) is 78.2 Å². The minimum atomic E-state index is -0.684. The van der Waals surface area contributed by atoms with Crippen molar-refractivity contribution in [1.82, 2.24) is 14.5 Å². The van der Waals surface area contributed by atoms with Gasteiger partial charge in [0.2, 0.25) is 11.9 Å². The number of nitrogens with one attached hydrogen (secondary N) is 1. The Labute approximate surface area is 208 Å². The fraction of sp³-hybridized carbons (Fsp3) is 0.385. The quantitative estimate of drug-likeness (QED) is 0.483. The van der Waals surface area contributed by atoms with Crippen molar-refractivity contribution in [2.24, 2.45) is 0 Å². The van der Waals surface area contributed by atoms with Gasteiger partial charge in [0, 0.05) is 31.9 Å². The number of nitrogens with zero attached hydrogens (tertiary/aromatic N) is 4. The van der Waals surface area contributed by atoms with E-state index in [4.69, 9.17) is 14.5 Å². The first-order valence-corrected chi connectivity index (χ1v) is 12.2. The van der Waals surface area contributed by atoms with Gasteiger partial charge in [0.15, 0.2) is 0 Å². The SMILES string of the molecule is CCOC(=O)c1ccc(NC(=O)CC2C(=O)N(CCN3CCOCC3)c3nc4ccccc4n32)cc1. The average Bonchev–Trinajstić information content (AvgIpc) is 3.38. The molecule has 2 aromatic carbocycles. The lowest BCUT2D eigenvalue weighted by Gasteiger charge is -2.28. The van der Waals surface area contributed by atoms with Crippen molar-refractivity contribution >= 4 is 40.5 Å². The van der Waals surface area contributed by atoms with Crippen LogP contribution in [-0.2, 0) is 19.1 Å². The average molecular weight is 492 g/mol. The highest BCUT2D eigenvalue weighted by Gasteiger charge is 2.40. The number of hydrogen-bond donors (Lipinski definition) is 1. The van der Waals surface area contributed by atoms with Gasteiger partial charge in [-0.25, -0.2) is 9.78 Å². The minimum Gasteiger partial charge on any atom is -0.462 e. The fourth-order valence-electron chi connectivity index (χ4n) is 4.67. The molecule has 0 saturated carbocycles. The number of aromatic nitrogens is 2. The molecule has 1 unspecified atom stereocenters. The number of para-hydroxylation sites is 2. The lowest BCUT2D eigenvalue weighted by molar-refractivity contribution is -0.124. The predicted octanol–water partition coefficient (Wildman–Crippen LogP) is 2.46. The van der Waals surface area contributed by atoms with E-state index in [1.165, 1.54) is 0 Å². The van der Waals surface area contributed by atoms with Crippen LogP contribution in [0.25, 0.3) is 11.0 Å². The molecule has 10 nitrogen and oxygen atoms in total. The number of carbonyl (C=O) groups excluding carboxylic acids is 3. The van der Waals surface area contributed by atoms with Crippen molar-refractivity contribution in [1.29, 1.82) is 0 Å². The van der Waals surface area contributed by atoms with E-state index < -0.39 is 12.0 Å². The van der Waals surface area contributed by atoms with Crippen molar-refractivity contribution < 1.29 is 23.9 Å². The van der Waals surface area contributed by atoms with E-state index >= 15 is 0 Å². The summed E-state index contributed by atoms with van der Waals surface area (Å²) in [7, 11) is 0. The molecular formula is C26H29N5O5. The van der Waals surface area contributed by atoms with Gasteiger partial charge in [-0.15, -0.1) is 0 Å². The molecule has 0 bridgehead atoms. The summed E-state index contributed by atoms with van der Waals surface area (Å²) in [6.07, 6.45) is -0.0279. The van der Waals surface area contributed by atoms with E-state index in [1.54, 1.807) is 36.1 Å². The first-order valence-electron chi connectivity index (χ1n) is 12.2. The molecule has 36 heavy (non-hydrogen) atoms. The number of esters is 1. The smallest absolute Gasteiger partial charge is 0.338 e. The van der Waals surface area contributed by atoms with Crippen LogP contribution in [0.4, 0.5) is 11.6 Å². The summed E-state index contributed by atoms with van der Waals surface area (Å²) in [6.45, 7) is 6.29. The zero-order chi connectivity index (χ0) is 25.1. The van der Waals surface area contributed by atoms with Gasteiger partial charge < -0.3 is 14.8 Å². The third-order valence-electron chi connectivity index (χ3n) is 6.48. The number of amides is 2. The first-order chi connectivity index (χ1) is 17.5. The van der Waals surface area contributed by atoms with Crippen LogP contribution >= 0.6 is 0 Å². The fourth-order valence-corrected chi connectivity index (χ4v) is 4.67. The van der Waals surface area contributed by atoms with Crippen LogP contribution in [0.3, 0.4) is 0 Å². The summed E-state index contributed by atoms with van der Waals surface area (Å²) in [5, 5.41) is 2.84. The largest absolute Gasteiger partial charge is 0.462 e. The summed E-state index contributed by atoms with van der Waals surface area (Å²) in [5.41, 5.74) is 2.56. The van der Waals surface area contributed by atoms with Crippen LogP contribution in [0, 0.1) is 0 Å². The molecule has 2 aliphatic heterocycles. The van der Waals surface area contributed by atoms with Gasteiger partial charge in [-0.05, 0) is 43.3 Å². The Bertz CT molecular complexity index is 1270. The van der Waals surface area contributed by atoms with Crippen LogP contribution in [0.1, 0.15) is 29.7 Å². The Morgan fingerprint density at radius 3 is 2.58 bits per heavy atom. The number of ether oxygens (including phenoxy) is 2. The number of hydrogen-bond acceptors (Lipinski definition) is 7. The lowest BCUT2D eigenvalue weighted by atomic mass is 10.1. The Balaban J connectivity index is 1.32. The molecule has 10 heteroatoms. The van der Waals surface area contributed by atoms with Crippen molar-refractivity contribution in [3.63, 3.8) is 0 Å². The number of rotatable bonds is 8. The molecular weight excluding hydrogens is 462 g/mol. The maximum absolute atomic E-state index is 13.5. The van der Waals surface area contributed by atoms with E-state index in [0.717, 1.165) is 24.1 Å². The van der Waals surface area contributed by atoms with Crippen LogP contribution in [0.2, 0.25) is 0 Å². The molecule has 0 spiro atoms. The second kappa shape index (κ2) is 10.5. The normalized spacial score (nSPS) is 17.9.